The summed E-state index contributed by atoms with van der Waals surface area (Å²) >= 11 is 0. The normalized spacial score (nSPS) is 13.4. The first kappa shape index (κ1) is 34.3. The van der Waals surface area contributed by atoms with Crippen molar-refractivity contribution < 1.29 is 28.6 Å². The lowest BCUT2D eigenvalue weighted by Gasteiger charge is -2.28. The van der Waals surface area contributed by atoms with Gasteiger partial charge in [0.2, 0.25) is 5.91 Å². The first-order valence-corrected chi connectivity index (χ1v) is 15.5. The number of para-hydroxylation sites is 2. The van der Waals surface area contributed by atoms with Crippen LogP contribution in [0.4, 0.5) is 4.39 Å². The number of nitrogens with one attached hydrogen (secondary N) is 2. The minimum absolute atomic E-state index is 0.0194. The summed E-state index contributed by atoms with van der Waals surface area (Å²) in [6, 6.07) is 21.4. The first-order chi connectivity index (χ1) is 22.1. The van der Waals surface area contributed by atoms with Crippen LogP contribution in [-0.4, -0.2) is 65.5 Å². The molecule has 2 amide bonds. The van der Waals surface area contributed by atoms with Gasteiger partial charge in [-0.05, 0) is 87.4 Å². The van der Waals surface area contributed by atoms with E-state index in [0.717, 1.165) is 11.1 Å². The molecule has 9 nitrogen and oxygen atoms in total. The molecule has 4 rings (SSSR count). The van der Waals surface area contributed by atoms with Crippen molar-refractivity contribution in [1.82, 2.24) is 20.6 Å². The van der Waals surface area contributed by atoms with E-state index in [1.54, 1.807) is 26.4 Å². The van der Waals surface area contributed by atoms with Crippen LogP contribution in [0, 0.1) is 5.92 Å². The fourth-order valence-electron chi connectivity index (χ4n) is 5.33. The summed E-state index contributed by atoms with van der Waals surface area (Å²) in [4.78, 5) is 35.7. The molecule has 3 atom stereocenters. The number of halogens is 1. The number of methoxy groups -OCH3 is 2. The molecule has 0 bridgehead atoms. The van der Waals surface area contributed by atoms with Crippen LogP contribution in [0.15, 0.2) is 79.0 Å². The maximum atomic E-state index is 14.6. The van der Waals surface area contributed by atoms with Crippen molar-refractivity contribution in [1.29, 1.82) is 0 Å². The van der Waals surface area contributed by atoms with Crippen molar-refractivity contribution in [2.75, 3.05) is 20.8 Å². The first-order valence-electron chi connectivity index (χ1n) is 15.5. The highest BCUT2D eigenvalue weighted by atomic mass is 19.1. The molecule has 0 radical (unpaired) electrons. The van der Waals surface area contributed by atoms with E-state index in [2.05, 4.69) is 20.6 Å². The Labute approximate surface area is 269 Å². The van der Waals surface area contributed by atoms with Gasteiger partial charge in [0.15, 0.2) is 0 Å². The molecule has 46 heavy (non-hydrogen) atoms. The lowest BCUT2D eigenvalue weighted by molar-refractivity contribution is -0.126. The molecular formula is C36H43FN4O5. The number of fused-ring (bicyclic) bond motifs is 1. The summed E-state index contributed by atoms with van der Waals surface area (Å²) in [5, 5.41) is 17.4. The van der Waals surface area contributed by atoms with Gasteiger partial charge in [0.05, 0.1) is 43.6 Å². The monoisotopic (exact) mass is 630 g/mol. The smallest absolute Gasteiger partial charge is 0.271 e. The standard InChI is InChI=1S/C36H43FN4O5/c1-36(2,37)18-16-26(34(43)38-19-17-25-21-27(45-3)14-15-33(25)46-4)22-32(42)30(20-24-10-6-5-7-11-24)41-35(44)31-23-39-28-12-8-9-13-29(28)40-31/h5-15,21,23,26,30,32,42H,16-20,22H2,1-4H3,(H,38,43)(H,41,44)/t26-,30+,32+/m1/s1. The van der Waals surface area contributed by atoms with E-state index in [1.807, 2.05) is 60.7 Å². The molecule has 0 fully saturated rings. The predicted octanol–water partition coefficient (Wildman–Crippen LogP) is 5.24. The Hall–Kier alpha value is -4.57. The fraction of sp³-hybridized carbons (Fsp3) is 0.389. The number of carbonyl (C=O) groups is 2. The van der Waals surface area contributed by atoms with Gasteiger partial charge in [-0.25, -0.2) is 9.37 Å². The maximum Gasteiger partial charge on any atom is 0.271 e. The van der Waals surface area contributed by atoms with Gasteiger partial charge in [0.25, 0.3) is 5.91 Å². The molecule has 0 aliphatic rings. The number of aromatic nitrogens is 2. The number of aliphatic hydroxyl groups excluding tert-OH is 1. The Balaban J connectivity index is 1.50. The minimum atomic E-state index is -1.50. The van der Waals surface area contributed by atoms with Gasteiger partial charge in [-0.3, -0.25) is 14.6 Å². The van der Waals surface area contributed by atoms with Gasteiger partial charge in [-0.1, -0.05) is 42.5 Å². The highest BCUT2D eigenvalue weighted by Crippen LogP contribution is 2.26. The van der Waals surface area contributed by atoms with Crippen LogP contribution < -0.4 is 20.1 Å². The number of nitrogens with zero attached hydrogens (tertiary/aromatic N) is 2. The molecule has 0 saturated carbocycles. The topological polar surface area (TPSA) is 123 Å². The van der Waals surface area contributed by atoms with Gasteiger partial charge >= 0.3 is 0 Å². The van der Waals surface area contributed by atoms with Gasteiger partial charge in [-0.2, -0.15) is 0 Å². The van der Waals surface area contributed by atoms with Crippen LogP contribution in [0.1, 0.15) is 54.7 Å². The predicted molar refractivity (Wildman–Crippen MR) is 176 cm³/mol. The third-order valence-electron chi connectivity index (χ3n) is 7.93. The summed E-state index contributed by atoms with van der Waals surface area (Å²) in [5.74, 6) is -0.133. The van der Waals surface area contributed by atoms with Gasteiger partial charge in [0.1, 0.15) is 22.9 Å². The largest absolute Gasteiger partial charge is 0.497 e. The molecule has 10 heteroatoms. The molecule has 0 unspecified atom stereocenters. The van der Waals surface area contributed by atoms with Gasteiger partial charge in [-0.15, -0.1) is 0 Å². The lowest BCUT2D eigenvalue weighted by Crippen LogP contribution is -2.47. The second-order valence-corrected chi connectivity index (χ2v) is 12.0. The molecule has 3 aromatic carbocycles. The van der Waals surface area contributed by atoms with Crippen LogP contribution >= 0.6 is 0 Å². The zero-order chi connectivity index (χ0) is 33.1. The van der Waals surface area contributed by atoms with Crippen LogP contribution in [0.3, 0.4) is 0 Å². The van der Waals surface area contributed by atoms with Crippen molar-refractivity contribution in [3.8, 4) is 11.5 Å². The van der Waals surface area contributed by atoms with E-state index in [1.165, 1.54) is 20.0 Å². The maximum absolute atomic E-state index is 14.6. The molecular weight excluding hydrogens is 587 g/mol. The van der Waals surface area contributed by atoms with E-state index in [4.69, 9.17) is 9.47 Å². The molecule has 1 heterocycles. The molecule has 3 N–H and O–H groups in total. The number of hydrogen-bond acceptors (Lipinski definition) is 7. The quantitative estimate of drug-likeness (QED) is 0.155. The fourth-order valence-corrected chi connectivity index (χ4v) is 5.33. The Morgan fingerprint density at radius 3 is 2.39 bits per heavy atom. The van der Waals surface area contributed by atoms with Crippen LogP contribution in [0.2, 0.25) is 0 Å². The van der Waals surface area contributed by atoms with Crippen molar-refractivity contribution in [2.24, 2.45) is 5.92 Å². The molecule has 244 valence electrons. The van der Waals surface area contributed by atoms with E-state index in [0.29, 0.717) is 41.9 Å². The highest BCUT2D eigenvalue weighted by Gasteiger charge is 2.30. The number of alkyl halides is 1. The van der Waals surface area contributed by atoms with Crippen molar-refractivity contribution in [3.05, 3.63) is 95.8 Å². The number of hydrogen-bond donors (Lipinski definition) is 3. The van der Waals surface area contributed by atoms with Crippen molar-refractivity contribution in [3.63, 3.8) is 0 Å². The Bertz CT molecular complexity index is 1590. The third kappa shape index (κ3) is 9.97. The lowest BCUT2D eigenvalue weighted by atomic mass is 9.87. The number of ether oxygens (including phenoxy) is 2. The molecule has 4 aromatic rings. The van der Waals surface area contributed by atoms with Crippen LogP contribution in [0.5, 0.6) is 11.5 Å². The second-order valence-electron chi connectivity index (χ2n) is 12.0. The number of amides is 2. The van der Waals surface area contributed by atoms with E-state index < -0.39 is 29.6 Å². The third-order valence-corrected chi connectivity index (χ3v) is 7.93. The van der Waals surface area contributed by atoms with Crippen molar-refractivity contribution in [2.45, 2.75) is 63.8 Å². The minimum Gasteiger partial charge on any atom is -0.497 e. The average Bonchev–Trinajstić information content (AvgIpc) is 3.05. The van der Waals surface area contributed by atoms with E-state index >= 15 is 0 Å². The highest BCUT2D eigenvalue weighted by molar-refractivity contribution is 5.94. The summed E-state index contributed by atoms with van der Waals surface area (Å²) in [6.45, 7) is 3.24. The Kier molecular flexibility index (Phi) is 12.0. The zero-order valence-corrected chi connectivity index (χ0v) is 26.8. The van der Waals surface area contributed by atoms with Crippen LogP contribution in [-0.2, 0) is 17.6 Å². The molecule has 0 saturated heterocycles. The van der Waals surface area contributed by atoms with Crippen molar-refractivity contribution >= 4 is 22.8 Å². The SMILES string of the molecule is COc1ccc(OC)c(CCNC(=O)[C@H](CCC(C)(C)F)C[C@H](O)[C@H](Cc2ccccc2)NC(=O)c2cnc3ccccc3n2)c1. The molecule has 1 aromatic heterocycles. The van der Waals surface area contributed by atoms with E-state index in [-0.39, 0.29) is 30.9 Å². The number of benzene rings is 3. The summed E-state index contributed by atoms with van der Waals surface area (Å²) in [7, 11) is 3.16. The summed E-state index contributed by atoms with van der Waals surface area (Å²) < 4.78 is 25.4. The Morgan fingerprint density at radius 2 is 1.70 bits per heavy atom. The summed E-state index contributed by atoms with van der Waals surface area (Å²) in [5.41, 5.74) is 1.62. The number of carbonyl (C=O) groups excluding carboxylic acids is 2. The molecule has 0 spiro atoms. The number of rotatable bonds is 16. The Morgan fingerprint density at radius 1 is 0.978 bits per heavy atom. The molecule has 0 aliphatic carbocycles. The second kappa shape index (κ2) is 16.1. The van der Waals surface area contributed by atoms with Crippen LogP contribution in [0.25, 0.3) is 11.0 Å². The van der Waals surface area contributed by atoms with Gasteiger partial charge < -0.3 is 25.2 Å². The molecule has 0 aliphatic heterocycles. The number of aliphatic hydroxyl groups is 1. The van der Waals surface area contributed by atoms with E-state index in [9.17, 15) is 19.1 Å². The zero-order valence-electron chi connectivity index (χ0n) is 26.8. The average molecular weight is 631 g/mol. The summed E-state index contributed by atoms with van der Waals surface area (Å²) in [6.07, 6.45) is 1.45. The van der Waals surface area contributed by atoms with Gasteiger partial charge in [0, 0.05) is 12.5 Å².